The topological polar surface area (TPSA) is 71.7 Å². The Morgan fingerprint density at radius 1 is 1.08 bits per heavy atom. The number of nitrogens with zero attached hydrogens (tertiary/aromatic N) is 1. The Labute approximate surface area is 157 Å². The van der Waals surface area contributed by atoms with Crippen LogP contribution >= 0.6 is 23.4 Å². The van der Waals surface area contributed by atoms with Gasteiger partial charge < -0.3 is 9.73 Å². The first kappa shape index (κ1) is 16.6. The zero-order chi connectivity index (χ0) is 18.1. The van der Waals surface area contributed by atoms with Crippen molar-refractivity contribution in [1.29, 1.82) is 0 Å². The van der Waals surface area contributed by atoms with E-state index < -0.39 is 5.63 Å². The van der Waals surface area contributed by atoms with E-state index in [0.29, 0.717) is 26.4 Å². The lowest BCUT2D eigenvalue weighted by molar-refractivity contribution is -0.115. The van der Waals surface area contributed by atoms with Crippen molar-refractivity contribution in [3.63, 3.8) is 0 Å². The molecule has 0 saturated carbocycles. The van der Waals surface area contributed by atoms with Crippen LogP contribution in [0.25, 0.3) is 17.0 Å². The molecule has 0 aliphatic carbocycles. The zero-order valence-corrected chi connectivity index (χ0v) is 14.8. The van der Waals surface area contributed by atoms with Gasteiger partial charge in [-0.2, -0.15) is 0 Å². The Morgan fingerprint density at radius 3 is 2.77 bits per heavy atom. The fourth-order valence-electron chi connectivity index (χ4n) is 2.46. The molecule has 3 aromatic rings. The van der Waals surface area contributed by atoms with Crippen molar-refractivity contribution in [3.8, 4) is 0 Å². The number of amides is 1. The fourth-order valence-corrected chi connectivity index (χ4v) is 3.48. The van der Waals surface area contributed by atoms with E-state index in [9.17, 15) is 9.59 Å². The average molecular weight is 383 g/mol. The molecule has 128 valence electrons. The van der Waals surface area contributed by atoms with Gasteiger partial charge in [-0.05, 0) is 53.7 Å². The summed E-state index contributed by atoms with van der Waals surface area (Å²) in [4.78, 5) is 28.3. The molecular weight excluding hydrogens is 372 g/mol. The number of carbonyl (C=O) groups excluding carboxylic acids is 1. The van der Waals surface area contributed by atoms with Crippen molar-refractivity contribution in [1.82, 2.24) is 5.32 Å². The molecular formula is C19H11ClN2O3S. The summed E-state index contributed by atoms with van der Waals surface area (Å²) < 4.78 is 5.11. The fraction of sp³-hybridized carbons (Fsp3) is 0. The molecule has 0 bridgehead atoms. The van der Waals surface area contributed by atoms with Crippen molar-refractivity contribution in [2.75, 3.05) is 0 Å². The van der Waals surface area contributed by atoms with E-state index in [0.717, 1.165) is 10.9 Å². The standard InChI is InChI=1S/C19H11ClN2O3S/c20-13-3-1-2-4-14(13)21-19-22-18(24)16(26-19)10-11-5-7-15-12(9-11)6-8-17(23)25-15/h1-10H,(H,21,22,24)/b16-10-. The zero-order valence-electron chi connectivity index (χ0n) is 13.2. The number of nitrogens with one attached hydrogen (secondary N) is 1. The number of hydrogen-bond acceptors (Lipinski definition) is 5. The third-order valence-electron chi connectivity index (χ3n) is 3.67. The quantitative estimate of drug-likeness (QED) is 0.528. The largest absolute Gasteiger partial charge is 0.423 e. The molecule has 0 unspecified atom stereocenters. The lowest BCUT2D eigenvalue weighted by Crippen LogP contribution is -2.19. The van der Waals surface area contributed by atoms with Crippen LogP contribution in [-0.2, 0) is 4.79 Å². The Morgan fingerprint density at radius 2 is 1.92 bits per heavy atom. The Balaban J connectivity index is 1.64. The molecule has 0 spiro atoms. The van der Waals surface area contributed by atoms with E-state index in [2.05, 4.69) is 10.3 Å². The molecule has 4 rings (SSSR count). The van der Waals surface area contributed by atoms with Gasteiger partial charge in [-0.3, -0.25) is 4.79 Å². The minimum absolute atomic E-state index is 0.222. The van der Waals surface area contributed by atoms with Gasteiger partial charge in [-0.25, -0.2) is 9.79 Å². The number of fused-ring (bicyclic) bond motifs is 1. The van der Waals surface area contributed by atoms with Crippen molar-refractivity contribution >= 4 is 57.2 Å². The maximum absolute atomic E-state index is 12.2. The number of aliphatic imine (C=N–C) groups is 1. The van der Waals surface area contributed by atoms with Gasteiger partial charge in [0.15, 0.2) is 5.17 Å². The predicted molar refractivity (Wildman–Crippen MR) is 105 cm³/mol. The lowest BCUT2D eigenvalue weighted by Gasteiger charge is -1.99. The first-order valence-electron chi connectivity index (χ1n) is 7.66. The van der Waals surface area contributed by atoms with Gasteiger partial charge in [-0.15, -0.1) is 0 Å². The van der Waals surface area contributed by atoms with Crippen molar-refractivity contribution < 1.29 is 9.21 Å². The number of amidine groups is 1. The summed E-state index contributed by atoms with van der Waals surface area (Å²) in [6.07, 6.45) is 1.76. The van der Waals surface area contributed by atoms with Gasteiger partial charge in [0, 0.05) is 11.5 Å². The number of benzene rings is 2. The minimum atomic E-state index is -0.394. The van der Waals surface area contributed by atoms with Crippen LogP contribution < -0.4 is 10.9 Å². The second kappa shape index (κ2) is 6.82. The summed E-state index contributed by atoms with van der Waals surface area (Å²) in [6.45, 7) is 0. The second-order valence-electron chi connectivity index (χ2n) is 5.48. The molecule has 1 saturated heterocycles. The van der Waals surface area contributed by atoms with Crippen LogP contribution in [0.2, 0.25) is 5.02 Å². The molecule has 1 aromatic heterocycles. The maximum atomic E-state index is 12.2. The van der Waals surface area contributed by atoms with Crippen LogP contribution in [0.4, 0.5) is 5.69 Å². The molecule has 0 radical (unpaired) electrons. The van der Waals surface area contributed by atoms with Gasteiger partial charge in [0.25, 0.3) is 5.91 Å². The monoisotopic (exact) mass is 382 g/mol. The van der Waals surface area contributed by atoms with Crippen LogP contribution in [0.1, 0.15) is 5.56 Å². The molecule has 5 nitrogen and oxygen atoms in total. The maximum Gasteiger partial charge on any atom is 0.336 e. The molecule has 1 N–H and O–H groups in total. The van der Waals surface area contributed by atoms with Gasteiger partial charge in [0.05, 0.1) is 15.6 Å². The number of halogens is 1. The summed E-state index contributed by atoms with van der Waals surface area (Å²) in [7, 11) is 0. The Hall–Kier alpha value is -2.83. The van der Waals surface area contributed by atoms with Crippen molar-refractivity contribution in [2.45, 2.75) is 0 Å². The molecule has 2 aromatic carbocycles. The van der Waals surface area contributed by atoms with E-state index in [1.54, 1.807) is 36.4 Å². The van der Waals surface area contributed by atoms with Gasteiger partial charge >= 0.3 is 5.63 Å². The highest BCUT2D eigenvalue weighted by molar-refractivity contribution is 8.18. The van der Waals surface area contributed by atoms with Crippen LogP contribution in [0.5, 0.6) is 0 Å². The first-order chi connectivity index (χ1) is 12.6. The highest BCUT2D eigenvalue weighted by atomic mass is 35.5. The highest BCUT2D eigenvalue weighted by Gasteiger charge is 2.24. The second-order valence-corrected chi connectivity index (χ2v) is 6.92. The normalized spacial score (nSPS) is 17.2. The molecule has 0 atom stereocenters. The number of carbonyl (C=O) groups is 1. The van der Waals surface area contributed by atoms with Crippen LogP contribution in [-0.4, -0.2) is 11.1 Å². The summed E-state index contributed by atoms with van der Waals surface area (Å²) >= 11 is 7.34. The SMILES string of the molecule is O=C1N/C(=N/c2ccccc2Cl)S/C1=C\c1ccc2oc(=O)ccc2c1. The molecule has 1 fully saturated rings. The van der Waals surface area contributed by atoms with Crippen molar-refractivity contribution in [2.24, 2.45) is 4.99 Å². The summed E-state index contributed by atoms with van der Waals surface area (Å²) in [6, 6.07) is 15.6. The minimum Gasteiger partial charge on any atom is -0.423 e. The van der Waals surface area contributed by atoms with Gasteiger partial charge in [-0.1, -0.05) is 29.8 Å². The van der Waals surface area contributed by atoms with Crippen molar-refractivity contribution in [3.05, 3.63) is 80.5 Å². The molecule has 1 amide bonds. The van der Waals surface area contributed by atoms with E-state index in [1.807, 2.05) is 18.2 Å². The first-order valence-corrected chi connectivity index (χ1v) is 8.86. The van der Waals surface area contributed by atoms with E-state index in [-0.39, 0.29) is 5.91 Å². The molecule has 26 heavy (non-hydrogen) atoms. The predicted octanol–water partition coefficient (Wildman–Crippen LogP) is 4.34. The van der Waals surface area contributed by atoms with Crippen LogP contribution in [0.3, 0.4) is 0 Å². The summed E-state index contributed by atoms with van der Waals surface area (Å²) in [5.41, 5.74) is 1.53. The number of para-hydroxylation sites is 1. The van der Waals surface area contributed by atoms with Crippen LogP contribution in [0.15, 0.2) is 73.7 Å². The molecule has 1 aliphatic rings. The number of thioether (sulfide) groups is 1. The lowest BCUT2D eigenvalue weighted by atomic mass is 10.1. The molecule has 1 aliphatic heterocycles. The summed E-state index contributed by atoms with van der Waals surface area (Å²) in [5, 5.41) is 4.51. The smallest absolute Gasteiger partial charge is 0.336 e. The summed E-state index contributed by atoms with van der Waals surface area (Å²) in [5.74, 6) is -0.222. The van der Waals surface area contributed by atoms with Gasteiger partial charge in [0.2, 0.25) is 0 Å². The Bertz CT molecular complexity index is 1150. The van der Waals surface area contributed by atoms with E-state index in [4.69, 9.17) is 16.0 Å². The average Bonchev–Trinajstić information content (AvgIpc) is 2.96. The third kappa shape index (κ3) is 3.42. The van der Waals surface area contributed by atoms with Crippen LogP contribution in [0, 0.1) is 0 Å². The number of rotatable bonds is 2. The molecule has 2 heterocycles. The van der Waals surface area contributed by atoms with E-state index >= 15 is 0 Å². The third-order valence-corrected chi connectivity index (χ3v) is 4.90. The van der Waals surface area contributed by atoms with E-state index in [1.165, 1.54) is 17.8 Å². The number of hydrogen-bond donors (Lipinski definition) is 1. The Kier molecular flexibility index (Phi) is 4.36. The highest BCUT2D eigenvalue weighted by Crippen LogP contribution is 2.31. The van der Waals surface area contributed by atoms with Gasteiger partial charge in [0.1, 0.15) is 5.58 Å². The molecule has 7 heteroatoms.